The summed E-state index contributed by atoms with van der Waals surface area (Å²) in [6.07, 6.45) is 6.76. The van der Waals surface area contributed by atoms with Crippen molar-refractivity contribution in [2.45, 2.75) is 52.1 Å². The molecule has 2 rings (SSSR count). The van der Waals surface area contributed by atoms with Gasteiger partial charge in [0.05, 0.1) is 11.1 Å². The molecule has 1 fully saturated rings. The number of aliphatic hydroxyl groups excluding tert-OH is 1. The number of rotatable bonds is 9. The van der Waals surface area contributed by atoms with Crippen LogP contribution in [-0.2, 0) is 12.8 Å². The highest BCUT2D eigenvalue weighted by molar-refractivity contribution is 7.11. The van der Waals surface area contributed by atoms with Crippen LogP contribution in [0.1, 0.15) is 43.0 Å². The molecule has 7 heteroatoms. The van der Waals surface area contributed by atoms with E-state index in [0.717, 1.165) is 77.3 Å². The molecule has 1 aliphatic heterocycles. The molecule has 2 heterocycles. The normalized spacial score (nSPS) is 17.0. The standard InChI is InChI=1S/C18H33N5OS/c1-3-16-14-22-17(25-16)6-10-21-18(19-4-2)20-9-5-11-23-12-7-15(24)8-13-23/h14-15,24H,3-13H2,1-2H3,(H2,19,20,21). The molecule has 0 amide bonds. The molecule has 6 nitrogen and oxygen atoms in total. The SMILES string of the molecule is CCNC(=NCCCN1CCC(O)CC1)NCCc1ncc(CC)s1. The monoisotopic (exact) mass is 367 g/mol. The van der Waals surface area contributed by atoms with E-state index in [4.69, 9.17) is 0 Å². The molecule has 0 aromatic carbocycles. The van der Waals surface area contributed by atoms with Crippen molar-refractivity contribution in [1.29, 1.82) is 0 Å². The lowest BCUT2D eigenvalue weighted by Gasteiger charge is -2.29. The third kappa shape index (κ3) is 7.71. The van der Waals surface area contributed by atoms with Gasteiger partial charge < -0.3 is 20.6 Å². The lowest BCUT2D eigenvalue weighted by Crippen LogP contribution is -2.39. The molecule has 0 spiro atoms. The van der Waals surface area contributed by atoms with Gasteiger partial charge in [-0.3, -0.25) is 4.99 Å². The molecule has 1 saturated heterocycles. The second kappa shape index (κ2) is 11.4. The fraction of sp³-hybridized carbons (Fsp3) is 0.778. The zero-order valence-corrected chi connectivity index (χ0v) is 16.4. The Kier molecular flexibility index (Phi) is 9.21. The molecule has 0 aliphatic carbocycles. The molecule has 1 aromatic heterocycles. The maximum atomic E-state index is 9.54. The van der Waals surface area contributed by atoms with Gasteiger partial charge in [-0.05, 0) is 39.2 Å². The Morgan fingerprint density at radius 3 is 2.84 bits per heavy atom. The largest absolute Gasteiger partial charge is 0.393 e. The number of nitrogens with one attached hydrogen (secondary N) is 2. The van der Waals surface area contributed by atoms with E-state index in [1.165, 1.54) is 9.88 Å². The van der Waals surface area contributed by atoms with Gasteiger partial charge in [-0.15, -0.1) is 11.3 Å². The first kappa shape index (κ1) is 20.1. The summed E-state index contributed by atoms with van der Waals surface area (Å²) < 4.78 is 0. The molecule has 3 N–H and O–H groups in total. The van der Waals surface area contributed by atoms with Crippen LogP contribution >= 0.6 is 11.3 Å². The third-order valence-corrected chi connectivity index (χ3v) is 5.59. The number of aryl methyl sites for hydroxylation is 1. The topological polar surface area (TPSA) is 72.8 Å². The summed E-state index contributed by atoms with van der Waals surface area (Å²) in [5.74, 6) is 0.892. The zero-order chi connectivity index (χ0) is 17.9. The highest BCUT2D eigenvalue weighted by atomic mass is 32.1. The average molecular weight is 368 g/mol. The summed E-state index contributed by atoms with van der Waals surface area (Å²) in [4.78, 5) is 12.9. The lowest BCUT2D eigenvalue weighted by atomic mass is 10.1. The first-order valence-electron chi connectivity index (χ1n) is 9.57. The number of piperidine rings is 1. The van der Waals surface area contributed by atoms with Crippen molar-refractivity contribution in [3.63, 3.8) is 0 Å². The van der Waals surface area contributed by atoms with Crippen molar-refractivity contribution in [3.05, 3.63) is 16.1 Å². The molecule has 0 unspecified atom stereocenters. The van der Waals surface area contributed by atoms with Gasteiger partial charge in [-0.1, -0.05) is 6.92 Å². The second-order valence-electron chi connectivity index (χ2n) is 6.44. The van der Waals surface area contributed by atoms with E-state index >= 15 is 0 Å². The molecular formula is C18H33N5OS. The van der Waals surface area contributed by atoms with E-state index in [9.17, 15) is 5.11 Å². The van der Waals surface area contributed by atoms with Crippen LogP contribution in [0.5, 0.6) is 0 Å². The Labute approximate surface area is 155 Å². The molecule has 0 atom stereocenters. The van der Waals surface area contributed by atoms with Crippen molar-refractivity contribution < 1.29 is 5.11 Å². The van der Waals surface area contributed by atoms with Crippen molar-refractivity contribution in [2.24, 2.45) is 4.99 Å². The second-order valence-corrected chi connectivity index (χ2v) is 7.64. The van der Waals surface area contributed by atoms with Gasteiger partial charge in [0.15, 0.2) is 5.96 Å². The maximum Gasteiger partial charge on any atom is 0.191 e. The smallest absolute Gasteiger partial charge is 0.191 e. The minimum atomic E-state index is -0.0925. The van der Waals surface area contributed by atoms with Gasteiger partial charge in [0.2, 0.25) is 0 Å². The van der Waals surface area contributed by atoms with Gasteiger partial charge in [-0.2, -0.15) is 0 Å². The van der Waals surface area contributed by atoms with Crippen LogP contribution in [0.3, 0.4) is 0 Å². The quantitative estimate of drug-likeness (QED) is 0.352. The van der Waals surface area contributed by atoms with Gasteiger partial charge in [0.1, 0.15) is 0 Å². The van der Waals surface area contributed by atoms with Crippen LogP contribution < -0.4 is 10.6 Å². The summed E-state index contributed by atoms with van der Waals surface area (Å²) in [5.41, 5.74) is 0. The first-order valence-corrected chi connectivity index (χ1v) is 10.4. The van der Waals surface area contributed by atoms with Crippen molar-refractivity contribution >= 4 is 17.3 Å². The van der Waals surface area contributed by atoms with Gasteiger partial charge in [0, 0.05) is 50.2 Å². The number of aliphatic imine (C=N–C) groups is 1. The predicted molar refractivity (Wildman–Crippen MR) is 105 cm³/mol. The van der Waals surface area contributed by atoms with Gasteiger partial charge in [0.25, 0.3) is 0 Å². The number of nitrogens with zero attached hydrogens (tertiary/aromatic N) is 3. The first-order chi connectivity index (χ1) is 12.2. The van der Waals surface area contributed by atoms with Crippen LogP contribution in [0, 0.1) is 0 Å². The molecule has 0 bridgehead atoms. The van der Waals surface area contributed by atoms with Crippen LogP contribution in [0.25, 0.3) is 0 Å². The Hall–Kier alpha value is -1.18. The van der Waals surface area contributed by atoms with E-state index < -0.39 is 0 Å². The molecule has 1 aliphatic rings. The summed E-state index contributed by atoms with van der Waals surface area (Å²) >= 11 is 1.80. The Morgan fingerprint density at radius 2 is 2.16 bits per heavy atom. The number of likely N-dealkylation sites (tertiary alicyclic amines) is 1. The number of aromatic nitrogens is 1. The maximum absolute atomic E-state index is 9.54. The summed E-state index contributed by atoms with van der Waals surface area (Å²) in [6, 6.07) is 0. The Morgan fingerprint density at radius 1 is 1.36 bits per heavy atom. The third-order valence-electron chi connectivity index (χ3n) is 4.38. The Balaban J connectivity index is 1.65. The Bertz CT molecular complexity index is 511. The lowest BCUT2D eigenvalue weighted by molar-refractivity contribution is 0.0824. The van der Waals surface area contributed by atoms with Crippen LogP contribution in [0.2, 0.25) is 0 Å². The zero-order valence-electron chi connectivity index (χ0n) is 15.6. The predicted octanol–water partition coefficient (Wildman–Crippen LogP) is 1.65. The summed E-state index contributed by atoms with van der Waals surface area (Å²) in [7, 11) is 0. The fourth-order valence-electron chi connectivity index (χ4n) is 2.88. The van der Waals surface area contributed by atoms with Gasteiger partial charge in [-0.25, -0.2) is 4.98 Å². The summed E-state index contributed by atoms with van der Waals surface area (Å²) in [5, 5.41) is 17.4. The number of guanidine groups is 1. The number of hydrogen-bond donors (Lipinski definition) is 3. The number of aliphatic hydroxyl groups is 1. The fourth-order valence-corrected chi connectivity index (χ4v) is 3.75. The highest BCUT2D eigenvalue weighted by Gasteiger charge is 2.15. The van der Waals surface area contributed by atoms with Crippen molar-refractivity contribution in [1.82, 2.24) is 20.5 Å². The van der Waals surface area contributed by atoms with Crippen molar-refractivity contribution in [3.8, 4) is 0 Å². The van der Waals surface area contributed by atoms with E-state index in [0.29, 0.717) is 0 Å². The summed E-state index contributed by atoms with van der Waals surface area (Å²) in [6.45, 7) is 9.88. The minimum absolute atomic E-state index is 0.0925. The number of hydrogen-bond acceptors (Lipinski definition) is 5. The average Bonchev–Trinajstić information content (AvgIpc) is 3.08. The van der Waals surface area contributed by atoms with Gasteiger partial charge >= 0.3 is 0 Å². The van der Waals surface area contributed by atoms with Crippen molar-refractivity contribution in [2.75, 3.05) is 39.3 Å². The van der Waals surface area contributed by atoms with E-state index in [1.807, 2.05) is 6.20 Å². The molecule has 142 valence electrons. The van der Waals surface area contributed by atoms with E-state index in [-0.39, 0.29) is 6.10 Å². The van der Waals surface area contributed by atoms with E-state index in [2.05, 4.69) is 39.4 Å². The van der Waals surface area contributed by atoms with E-state index in [1.54, 1.807) is 11.3 Å². The molecule has 0 saturated carbocycles. The number of thiazole rings is 1. The van der Waals surface area contributed by atoms with Crippen LogP contribution in [0.4, 0.5) is 0 Å². The molecule has 25 heavy (non-hydrogen) atoms. The molecular weight excluding hydrogens is 334 g/mol. The highest BCUT2D eigenvalue weighted by Crippen LogP contribution is 2.13. The molecule has 0 radical (unpaired) electrons. The van der Waals surface area contributed by atoms with Crippen LogP contribution in [0.15, 0.2) is 11.2 Å². The minimum Gasteiger partial charge on any atom is -0.393 e. The van der Waals surface area contributed by atoms with Crippen LogP contribution in [-0.4, -0.2) is 66.3 Å². The molecule has 1 aromatic rings.